The van der Waals surface area contributed by atoms with Gasteiger partial charge in [-0.1, -0.05) is 12.1 Å². The summed E-state index contributed by atoms with van der Waals surface area (Å²) in [5, 5.41) is 5.33. The molecule has 2 N–H and O–H groups in total. The number of carbonyl (C=O) groups is 1. The van der Waals surface area contributed by atoms with Crippen LogP contribution in [-0.4, -0.2) is 17.8 Å². The Balaban J connectivity index is 2.33. The van der Waals surface area contributed by atoms with E-state index in [4.69, 9.17) is 12.2 Å². The summed E-state index contributed by atoms with van der Waals surface area (Å²) in [5.41, 5.74) is 0.861. The van der Waals surface area contributed by atoms with Gasteiger partial charge in [-0.25, -0.2) is 9.18 Å². The maximum absolute atomic E-state index is 12.6. The lowest BCUT2D eigenvalue weighted by Crippen LogP contribution is -2.39. The van der Waals surface area contributed by atoms with E-state index in [1.165, 1.54) is 12.1 Å². The van der Waals surface area contributed by atoms with E-state index in [0.29, 0.717) is 6.54 Å². The van der Waals surface area contributed by atoms with Crippen molar-refractivity contribution in [2.75, 3.05) is 6.61 Å². The van der Waals surface area contributed by atoms with Crippen LogP contribution in [0.3, 0.4) is 0 Å². The molecule has 6 heteroatoms. The van der Waals surface area contributed by atoms with Crippen LogP contribution in [0.25, 0.3) is 0 Å². The van der Waals surface area contributed by atoms with E-state index >= 15 is 0 Å². The average molecular weight is 256 g/mol. The SMILES string of the molecule is CCOC(=O)NC(=S)NCc1ccc(F)cc1. The molecule has 4 nitrogen and oxygen atoms in total. The highest BCUT2D eigenvalue weighted by molar-refractivity contribution is 7.80. The summed E-state index contributed by atoms with van der Waals surface area (Å²) in [5.74, 6) is -0.291. The van der Waals surface area contributed by atoms with Gasteiger partial charge >= 0.3 is 6.09 Å². The Labute approximate surface area is 104 Å². The van der Waals surface area contributed by atoms with Crippen LogP contribution in [0.1, 0.15) is 12.5 Å². The van der Waals surface area contributed by atoms with Crippen LogP contribution in [0, 0.1) is 5.82 Å². The van der Waals surface area contributed by atoms with E-state index in [1.54, 1.807) is 19.1 Å². The molecule has 1 aromatic rings. The van der Waals surface area contributed by atoms with Crippen molar-refractivity contribution < 1.29 is 13.9 Å². The Bertz CT molecular complexity index is 395. The third-order valence-electron chi connectivity index (χ3n) is 1.86. The van der Waals surface area contributed by atoms with Crippen molar-refractivity contribution in [1.82, 2.24) is 10.6 Å². The molecule has 0 spiro atoms. The summed E-state index contributed by atoms with van der Waals surface area (Å²) in [6.07, 6.45) is -0.593. The van der Waals surface area contributed by atoms with Crippen molar-refractivity contribution in [3.8, 4) is 0 Å². The molecule has 1 amide bonds. The highest BCUT2D eigenvalue weighted by Crippen LogP contribution is 2.01. The third-order valence-corrected chi connectivity index (χ3v) is 2.10. The Morgan fingerprint density at radius 3 is 2.65 bits per heavy atom. The zero-order valence-electron chi connectivity index (χ0n) is 9.33. The van der Waals surface area contributed by atoms with Gasteiger partial charge in [0.05, 0.1) is 6.61 Å². The first-order chi connectivity index (χ1) is 8.11. The van der Waals surface area contributed by atoms with Gasteiger partial charge in [0.15, 0.2) is 5.11 Å². The maximum atomic E-state index is 12.6. The van der Waals surface area contributed by atoms with Gasteiger partial charge in [-0.15, -0.1) is 0 Å². The molecule has 0 atom stereocenters. The number of rotatable bonds is 3. The Kier molecular flexibility index (Phi) is 5.35. The van der Waals surface area contributed by atoms with Crippen molar-refractivity contribution in [3.63, 3.8) is 0 Å². The van der Waals surface area contributed by atoms with Crippen LogP contribution >= 0.6 is 12.2 Å². The van der Waals surface area contributed by atoms with Gasteiger partial charge in [-0.2, -0.15) is 0 Å². The van der Waals surface area contributed by atoms with Crippen LogP contribution in [0.15, 0.2) is 24.3 Å². The standard InChI is InChI=1S/C11H13FN2O2S/c1-2-16-11(15)14-10(17)13-7-8-3-5-9(12)6-4-8/h3-6H,2,7H2,1H3,(H2,13,14,15,17). The third kappa shape index (κ3) is 5.26. The summed E-state index contributed by atoms with van der Waals surface area (Å²) < 4.78 is 17.3. The first kappa shape index (κ1) is 13.4. The van der Waals surface area contributed by atoms with E-state index < -0.39 is 6.09 Å². The largest absolute Gasteiger partial charge is 0.450 e. The monoisotopic (exact) mass is 256 g/mol. The fourth-order valence-electron chi connectivity index (χ4n) is 1.09. The zero-order valence-corrected chi connectivity index (χ0v) is 10.1. The van der Waals surface area contributed by atoms with Crippen molar-refractivity contribution >= 4 is 23.4 Å². The second-order valence-corrected chi connectivity index (χ2v) is 3.56. The van der Waals surface area contributed by atoms with Crippen LogP contribution < -0.4 is 10.6 Å². The predicted molar refractivity (Wildman–Crippen MR) is 66.0 cm³/mol. The van der Waals surface area contributed by atoms with Gasteiger partial charge < -0.3 is 10.1 Å². The van der Waals surface area contributed by atoms with Gasteiger partial charge in [0.2, 0.25) is 0 Å². The number of thiocarbonyl (C=S) groups is 1. The minimum atomic E-state index is -0.593. The maximum Gasteiger partial charge on any atom is 0.413 e. The van der Waals surface area contributed by atoms with Crippen molar-refractivity contribution in [1.29, 1.82) is 0 Å². The highest BCUT2D eigenvalue weighted by atomic mass is 32.1. The molecule has 0 aromatic heterocycles. The molecule has 0 aliphatic rings. The number of ether oxygens (including phenoxy) is 1. The molecule has 0 fully saturated rings. The fraction of sp³-hybridized carbons (Fsp3) is 0.273. The van der Waals surface area contributed by atoms with E-state index in [-0.39, 0.29) is 17.5 Å². The molecule has 92 valence electrons. The molecule has 0 unspecified atom stereocenters. The molecule has 0 saturated heterocycles. The Morgan fingerprint density at radius 2 is 2.06 bits per heavy atom. The number of halogens is 1. The molecule has 0 heterocycles. The average Bonchev–Trinajstić information content (AvgIpc) is 2.28. The van der Waals surface area contributed by atoms with E-state index in [9.17, 15) is 9.18 Å². The lowest BCUT2D eigenvalue weighted by Gasteiger charge is -2.09. The molecule has 0 saturated carbocycles. The first-order valence-electron chi connectivity index (χ1n) is 5.08. The van der Waals surface area contributed by atoms with Gasteiger partial charge in [0.25, 0.3) is 0 Å². The summed E-state index contributed by atoms with van der Waals surface area (Å²) in [6, 6.07) is 5.99. The van der Waals surface area contributed by atoms with Gasteiger partial charge in [0.1, 0.15) is 5.82 Å². The highest BCUT2D eigenvalue weighted by Gasteiger charge is 2.03. The molecule has 0 radical (unpaired) electrons. The second-order valence-electron chi connectivity index (χ2n) is 3.15. The lowest BCUT2D eigenvalue weighted by atomic mass is 10.2. The van der Waals surface area contributed by atoms with Gasteiger partial charge in [-0.05, 0) is 36.8 Å². The summed E-state index contributed by atoms with van der Waals surface area (Å²) >= 11 is 4.87. The lowest BCUT2D eigenvalue weighted by molar-refractivity contribution is 0.157. The van der Waals surface area contributed by atoms with Crippen molar-refractivity contribution in [2.24, 2.45) is 0 Å². The smallest absolute Gasteiger partial charge is 0.413 e. The van der Waals surface area contributed by atoms with Crippen molar-refractivity contribution in [3.05, 3.63) is 35.6 Å². The number of alkyl carbamates (subject to hydrolysis) is 1. The number of hydrogen-bond acceptors (Lipinski definition) is 3. The Morgan fingerprint density at radius 1 is 1.41 bits per heavy atom. The molecule has 0 bridgehead atoms. The topological polar surface area (TPSA) is 50.4 Å². The minimum Gasteiger partial charge on any atom is -0.450 e. The van der Waals surface area contributed by atoms with Crippen LogP contribution in [-0.2, 0) is 11.3 Å². The number of hydrogen-bond donors (Lipinski definition) is 2. The van der Waals surface area contributed by atoms with E-state index in [2.05, 4.69) is 15.4 Å². The van der Waals surface area contributed by atoms with E-state index in [1.807, 2.05) is 0 Å². The number of nitrogens with one attached hydrogen (secondary N) is 2. The second kappa shape index (κ2) is 6.80. The van der Waals surface area contributed by atoms with Gasteiger partial charge in [0, 0.05) is 6.54 Å². The number of benzene rings is 1. The van der Waals surface area contributed by atoms with Gasteiger partial charge in [-0.3, -0.25) is 5.32 Å². The molecule has 0 aliphatic heterocycles. The first-order valence-corrected chi connectivity index (χ1v) is 5.48. The summed E-state index contributed by atoms with van der Waals surface area (Å²) in [7, 11) is 0. The minimum absolute atomic E-state index is 0.174. The molecular weight excluding hydrogens is 243 g/mol. The number of amides is 1. The quantitative estimate of drug-likeness (QED) is 0.812. The molecule has 1 aromatic carbocycles. The molecule has 1 rings (SSSR count). The van der Waals surface area contributed by atoms with Crippen LogP contribution in [0.4, 0.5) is 9.18 Å². The Hall–Kier alpha value is -1.69. The normalized spacial score (nSPS) is 9.53. The van der Waals surface area contributed by atoms with Crippen LogP contribution in [0.2, 0.25) is 0 Å². The molecule has 17 heavy (non-hydrogen) atoms. The zero-order chi connectivity index (χ0) is 12.7. The van der Waals surface area contributed by atoms with E-state index in [0.717, 1.165) is 5.56 Å². The van der Waals surface area contributed by atoms with Crippen molar-refractivity contribution in [2.45, 2.75) is 13.5 Å². The summed E-state index contributed by atoms with van der Waals surface area (Å²) in [6.45, 7) is 2.40. The summed E-state index contributed by atoms with van der Waals surface area (Å²) in [4.78, 5) is 11.0. The van der Waals surface area contributed by atoms with Crippen LogP contribution in [0.5, 0.6) is 0 Å². The number of carbonyl (C=O) groups excluding carboxylic acids is 1. The molecular formula is C11H13FN2O2S. The fourth-order valence-corrected chi connectivity index (χ4v) is 1.24. The predicted octanol–water partition coefficient (Wildman–Crippen LogP) is 1.95. The molecule has 0 aliphatic carbocycles.